The van der Waals surface area contributed by atoms with Gasteiger partial charge in [0.1, 0.15) is 0 Å². The van der Waals surface area contributed by atoms with Gasteiger partial charge in [-0.3, -0.25) is 4.99 Å². The third-order valence-electron chi connectivity index (χ3n) is 1.49. The maximum absolute atomic E-state index is 4.12. The molecule has 0 aromatic heterocycles. The molecule has 1 radical (unpaired) electrons. The van der Waals surface area contributed by atoms with Crippen molar-refractivity contribution < 1.29 is 20.4 Å². The first-order valence-electron chi connectivity index (χ1n) is 4.98. The zero-order valence-electron chi connectivity index (χ0n) is 9.55. The van der Waals surface area contributed by atoms with Crippen molar-refractivity contribution in [2.24, 2.45) is 4.99 Å². The van der Waals surface area contributed by atoms with E-state index in [0.29, 0.717) is 0 Å². The first kappa shape index (κ1) is 16.1. The van der Waals surface area contributed by atoms with Gasteiger partial charge in [0.05, 0.1) is 0 Å². The normalized spacial score (nSPS) is 13.4. The second-order valence-corrected chi connectivity index (χ2v) is 3.12. The van der Waals surface area contributed by atoms with Crippen molar-refractivity contribution in [2.45, 2.75) is 40.5 Å². The molecular weight excluding hydrogens is 344 g/mol. The monoisotopic (exact) mass is 365 g/mol. The topological polar surface area (TPSA) is 12.4 Å². The molecule has 1 heterocycles. The predicted molar refractivity (Wildman–Crippen MR) is 60.9 cm³/mol. The van der Waals surface area contributed by atoms with Gasteiger partial charge in [-0.05, 0) is 6.42 Å². The predicted octanol–water partition coefficient (Wildman–Crippen LogP) is 3.93. The Morgan fingerprint density at radius 1 is 1.29 bits per heavy atom. The summed E-state index contributed by atoms with van der Waals surface area (Å²) in [5, 5.41) is 0. The summed E-state index contributed by atoms with van der Waals surface area (Å²) < 4.78 is 0. The molecule has 0 N–H and O–H groups in total. The standard InChI is InChI=1S/C9H12N.C3H8.Re/c1-3-9-5-4-8(2)6-10-7-9;1-3-2;/h4-7H,3H2,1-2H3;3H2,1-2H3;/q-1;;. The van der Waals surface area contributed by atoms with Crippen LogP contribution in [0.3, 0.4) is 0 Å². The van der Waals surface area contributed by atoms with Gasteiger partial charge in [0.25, 0.3) is 0 Å². The summed E-state index contributed by atoms with van der Waals surface area (Å²) in [7, 11) is 0. The minimum atomic E-state index is 0. The van der Waals surface area contributed by atoms with Crippen LogP contribution >= 0.6 is 0 Å². The Morgan fingerprint density at radius 2 is 1.86 bits per heavy atom. The van der Waals surface area contributed by atoms with Crippen molar-refractivity contribution in [3.63, 3.8) is 0 Å². The summed E-state index contributed by atoms with van der Waals surface area (Å²) >= 11 is 0. The van der Waals surface area contributed by atoms with Crippen molar-refractivity contribution in [3.8, 4) is 0 Å². The van der Waals surface area contributed by atoms with Crippen LogP contribution in [0.5, 0.6) is 0 Å². The van der Waals surface area contributed by atoms with Crippen molar-refractivity contribution in [1.82, 2.24) is 0 Å². The molecule has 81 valence electrons. The third-order valence-corrected chi connectivity index (χ3v) is 1.49. The van der Waals surface area contributed by atoms with Crippen LogP contribution in [0.2, 0.25) is 0 Å². The van der Waals surface area contributed by atoms with Crippen LogP contribution in [0.25, 0.3) is 0 Å². The largest absolute Gasteiger partial charge is 0.285 e. The molecule has 0 spiro atoms. The van der Waals surface area contributed by atoms with E-state index in [9.17, 15) is 0 Å². The number of nitrogens with zero attached hydrogens (tertiary/aromatic N) is 1. The third kappa shape index (κ3) is 8.29. The Bertz CT molecular complexity index is 204. The van der Waals surface area contributed by atoms with E-state index < -0.39 is 0 Å². The Morgan fingerprint density at radius 3 is 2.36 bits per heavy atom. The van der Waals surface area contributed by atoms with Gasteiger partial charge in [0.2, 0.25) is 0 Å². The average molecular weight is 365 g/mol. The van der Waals surface area contributed by atoms with E-state index in [4.69, 9.17) is 0 Å². The SMILES string of the molecule is CCC.CCC1=CN=C[C-](C)C=C1.[Re]. The van der Waals surface area contributed by atoms with Crippen molar-refractivity contribution in [3.05, 3.63) is 29.8 Å². The van der Waals surface area contributed by atoms with Crippen LogP contribution in [-0.4, -0.2) is 6.21 Å². The van der Waals surface area contributed by atoms with Crippen LogP contribution in [0, 0.1) is 5.92 Å². The second kappa shape index (κ2) is 10.8. The number of rotatable bonds is 1. The smallest absolute Gasteiger partial charge is 0.0104 e. The Balaban J connectivity index is 0. The first-order chi connectivity index (χ1) is 6.24. The molecule has 1 rings (SSSR count). The molecule has 1 aliphatic rings. The van der Waals surface area contributed by atoms with Gasteiger partial charge in [-0.2, -0.15) is 5.92 Å². The quantitative estimate of drug-likeness (QED) is 0.625. The fourth-order valence-corrected chi connectivity index (χ4v) is 0.784. The van der Waals surface area contributed by atoms with Crippen molar-refractivity contribution in [1.29, 1.82) is 0 Å². The van der Waals surface area contributed by atoms with Gasteiger partial charge in [0, 0.05) is 26.6 Å². The van der Waals surface area contributed by atoms with Gasteiger partial charge in [-0.15, -0.1) is 12.5 Å². The van der Waals surface area contributed by atoms with E-state index in [1.54, 1.807) is 0 Å². The summed E-state index contributed by atoms with van der Waals surface area (Å²) in [5.74, 6) is 1.21. The minimum absolute atomic E-state index is 0. The maximum atomic E-state index is 4.12. The zero-order valence-corrected chi connectivity index (χ0v) is 12.3. The molecule has 2 heteroatoms. The molecule has 0 saturated carbocycles. The first-order valence-corrected chi connectivity index (χ1v) is 4.98. The number of hydrogen-bond acceptors (Lipinski definition) is 1. The molecule has 0 fully saturated rings. The van der Waals surface area contributed by atoms with Crippen LogP contribution < -0.4 is 0 Å². The second-order valence-electron chi connectivity index (χ2n) is 3.12. The number of allylic oxidation sites excluding steroid dienone is 3. The van der Waals surface area contributed by atoms with Crippen LogP contribution in [0.1, 0.15) is 40.5 Å². The van der Waals surface area contributed by atoms with E-state index in [2.05, 4.69) is 37.9 Å². The summed E-state index contributed by atoms with van der Waals surface area (Å²) in [6.45, 7) is 8.43. The fraction of sp³-hybridized carbons (Fsp3) is 0.500. The molecular formula is C12H20NRe-. The van der Waals surface area contributed by atoms with Gasteiger partial charge in [-0.25, -0.2) is 12.2 Å². The maximum Gasteiger partial charge on any atom is 0.0104 e. The van der Waals surface area contributed by atoms with E-state index in [1.165, 1.54) is 17.9 Å². The number of aliphatic imine (C=N–C) groups is 1. The van der Waals surface area contributed by atoms with Crippen molar-refractivity contribution in [2.75, 3.05) is 0 Å². The average Bonchev–Trinajstić information content (AvgIpc) is 2.31. The summed E-state index contributed by atoms with van der Waals surface area (Å²) in [4.78, 5) is 4.12. The van der Waals surface area contributed by atoms with E-state index in [1.807, 2.05) is 19.3 Å². The molecule has 0 unspecified atom stereocenters. The molecule has 1 aliphatic heterocycles. The molecule has 14 heavy (non-hydrogen) atoms. The van der Waals surface area contributed by atoms with E-state index >= 15 is 0 Å². The molecule has 0 atom stereocenters. The Kier molecular flexibility index (Phi) is 12.4. The zero-order chi connectivity index (χ0) is 10.1. The molecule has 1 nitrogen and oxygen atoms in total. The van der Waals surface area contributed by atoms with E-state index in [-0.39, 0.29) is 20.4 Å². The summed E-state index contributed by atoms with van der Waals surface area (Å²) in [6, 6.07) is 0. The van der Waals surface area contributed by atoms with Crippen LogP contribution in [0.15, 0.2) is 28.9 Å². The van der Waals surface area contributed by atoms with E-state index in [0.717, 1.165) is 6.42 Å². The molecule has 0 bridgehead atoms. The van der Waals surface area contributed by atoms with Gasteiger partial charge in [0.15, 0.2) is 0 Å². The van der Waals surface area contributed by atoms with Crippen LogP contribution in [0.4, 0.5) is 0 Å². The molecule has 0 saturated heterocycles. The summed E-state index contributed by atoms with van der Waals surface area (Å²) in [5.41, 5.74) is 1.29. The molecule has 0 aliphatic carbocycles. The van der Waals surface area contributed by atoms with Gasteiger partial charge < -0.3 is 0 Å². The number of hydrogen-bond donors (Lipinski definition) is 0. The molecule has 0 aromatic carbocycles. The minimum Gasteiger partial charge on any atom is -0.285 e. The summed E-state index contributed by atoms with van der Waals surface area (Å²) in [6.07, 6.45) is 10.3. The van der Waals surface area contributed by atoms with Crippen LogP contribution in [-0.2, 0) is 20.4 Å². The molecule has 0 aromatic rings. The van der Waals surface area contributed by atoms with Crippen molar-refractivity contribution >= 4 is 6.21 Å². The Labute approximate surface area is 102 Å². The van der Waals surface area contributed by atoms with Gasteiger partial charge >= 0.3 is 0 Å². The fourth-order valence-electron chi connectivity index (χ4n) is 0.784. The Hall–Kier alpha value is -0.318. The van der Waals surface area contributed by atoms with Gasteiger partial charge in [-0.1, -0.05) is 33.4 Å². The molecule has 0 amide bonds.